The van der Waals surface area contributed by atoms with E-state index in [2.05, 4.69) is 59.0 Å². The van der Waals surface area contributed by atoms with Crippen molar-refractivity contribution in [3.8, 4) is 5.75 Å². The number of carbonyl (C=O) groups is 1. The monoisotopic (exact) mass is 604 g/mol. The predicted octanol–water partition coefficient (Wildman–Crippen LogP) is 6.75. The Labute approximate surface area is 255 Å². The van der Waals surface area contributed by atoms with Gasteiger partial charge in [0.05, 0.1) is 18.1 Å². The molecule has 0 saturated carbocycles. The minimum absolute atomic E-state index is 0.128. The maximum atomic E-state index is 14.0. The fourth-order valence-electron chi connectivity index (χ4n) is 4.82. The topological polar surface area (TPSA) is 118 Å². The lowest BCUT2D eigenvalue weighted by Crippen LogP contribution is -2.53. The van der Waals surface area contributed by atoms with Crippen LogP contribution in [0, 0.1) is 11.8 Å². The van der Waals surface area contributed by atoms with Gasteiger partial charge in [-0.15, -0.1) is 5.48 Å². The van der Waals surface area contributed by atoms with Gasteiger partial charge in [-0.1, -0.05) is 83.3 Å². The highest BCUT2D eigenvalue weighted by Gasteiger charge is 2.40. The molecule has 0 radical (unpaired) electrons. The van der Waals surface area contributed by atoms with Crippen LogP contribution in [-0.2, 0) is 4.79 Å². The quantitative estimate of drug-likeness (QED) is 0.113. The minimum Gasteiger partial charge on any atom is -0.408 e. The van der Waals surface area contributed by atoms with Crippen molar-refractivity contribution in [2.45, 2.75) is 79.3 Å². The number of nitrogens with zero attached hydrogens (tertiary/aromatic N) is 3. The Kier molecular flexibility index (Phi) is 13.4. The third-order valence-corrected chi connectivity index (χ3v) is 6.59. The molecule has 0 bridgehead atoms. The number of hydroxylamine groups is 1. The summed E-state index contributed by atoms with van der Waals surface area (Å²) < 4.78 is 0. The van der Waals surface area contributed by atoms with E-state index in [1.165, 1.54) is 0 Å². The average Bonchev–Trinajstić information content (AvgIpc) is 2.87. The van der Waals surface area contributed by atoms with Crippen LogP contribution in [0.4, 0.5) is 0 Å². The second kappa shape index (κ2) is 16.0. The van der Waals surface area contributed by atoms with Gasteiger partial charge in [-0.05, 0) is 67.5 Å². The standard InChI is InChI=1S/C27H36Cl2N6O2.C4H10/c1-5-6-23(18-7-9-22(10-8-18)37-32-15-24(30)34-31)35-16-27(4,14-17(2)3)33-25(26(35)36)19-11-20(28)13-21(29)12-19;1-4(2)3/h7-13,17,23,32H,5-6,14-16,31H2,1-4H3,(H2,30,34);4H,1-3H3. The van der Waals surface area contributed by atoms with Crippen LogP contribution in [0.5, 0.6) is 5.75 Å². The van der Waals surface area contributed by atoms with Gasteiger partial charge in [-0.3, -0.25) is 9.79 Å². The molecule has 41 heavy (non-hydrogen) atoms. The molecule has 0 spiro atoms. The van der Waals surface area contributed by atoms with Gasteiger partial charge in [-0.2, -0.15) is 5.10 Å². The van der Waals surface area contributed by atoms with Crippen LogP contribution in [0.2, 0.25) is 10.0 Å². The summed E-state index contributed by atoms with van der Waals surface area (Å²) in [5, 5.41) is 4.33. The van der Waals surface area contributed by atoms with Crippen molar-refractivity contribution in [3.05, 3.63) is 63.6 Å². The molecule has 2 atom stereocenters. The normalized spacial score (nSPS) is 18.2. The van der Waals surface area contributed by atoms with E-state index in [-0.39, 0.29) is 24.3 Å². The smallest absolute Gasteiger partial charge is 0.273 e. The van der Waals surface area contributed by atoms with Crippen LogP contribution in [0.3, 0.4) is 0 Å². The summed E-state index contributed by atoms with van der Waals surface area (Å²) in [5.74, 6) is 7.08. The van der Waals surface area contributed by atoms with E-state index < -0.39 is 5.54 Å². The molecule has 5 N–H and O–H groups in total. The van der Waals surface area contributed by atoms with Crippen molar-refractivity contribution in [3.63, 3.8) is 0 Å². The number of nitrogens with one attached hydrogen (secondary N) is 1. The Hall–Kier alpha value is -2.81. The summed E-state index contributed by atoms with van der Waals surface area (Å²) in [7, 11) is 0. The SMILES string of the molecule is CC(C)C.CCCC(c1ccc(ONC/C(N)=N/N)cc1)N1CC(C)(CC(C)C)N=C(c2cc(Cl)cc(Cl)c2)C1=O. The molecular formula is C31H46Cl2N6O2. The van der Waals surface area contributed by atoms with E-state index >= 15 is 0 Å². The van der Waals surface area contributed by atoms with E-state index in [0.717, 1.165) is 30.7 Å². The first-order chi connectivity index (χ1) is 19.3. The second-order valence-corrected chi connectivity index (χ2v) is 12.7. The Balaban J connectivity index is 0.00000138. The van der Waals surface area contributed by atoms with Crippen molar-refractivity contribution in [1.29, 1.82) is 0 Å². The van der Waals surface area contributed by atoms with Gasteiger partial charge in [0.2, 0.25) is 0 Å². The van der Waals surface area contributed by atoms with Crippen molar-refractivity contribution < 1.29 is 9.63 Å². The summed E-state index contributed by atoms with van der Waals surface area (Å²) >= 11 is 12.6. The first-order valence-corrected chi connectivity index (χ1v) is 14.9. The van der Waals surface area contributed by atoms with E-state index in [0.29, 0.717) is 39.5 Å². The van der Waals surface area contributed by atoms with Crippen molar-refractivity contribution in [2.75, 3.05) is 13.1 Å². The summed E-state index contributed by atoms with van der Waals surface area (Å²) in [4.78, 5) is 26.4. The lowest BCUT2D eigenvalue weighted by atomic mass is 9.86. The number of rotatable bonds is 11. The maximum absolute atomic E-state index is 14.0. The molecule has 0 aliphatic carbocycles. The van der Waals surface area contributed by atoms with Gasteiger partial charge >= 0.3 is 0 Å². The molecule has 2 unspecified atom stereocenters. The number of amidine groups is 1. The van der Waals surface area contributed by atoms with Crippen LogP contribution in [0.25, 0.3) is 0 Å². The Morgan fingerprint density at radius 1 is 1.12 bits per heavy atom. The molecular weight excluding hydrogens is 559 g/mol. The summed E-state index contributed by atoms with van der Waals surface area (Å²) in [6, 6.07) is 12.7. The average molecular weight is 606 g/mol. The number of nitrogens with two attached hydrogens (primary N) is 2. The molecule has 0 fully saturated rings. The number of benzene rings is 2. The van der Waals surface area contributed by atoms with Gasteiger partial charge in [-0.25, -0.2) is 0 Å². The first-order valence-electron chi connectivity index (χ1n) is 14.2. The number of carbonyl (C=O) groups excluding carboxylic acids is 1. The van der Waals surface area contributed by atoms with Gasteiger partial charge in [0, 0.05) is 22.2 Å². The van der Waals surface area contributed by atoms with Crippen LogP contribution in [0.1, 0.15) is 84.9 Å². The third-order valence-electron chi connectivity index (χ3n) is 6.15. The number of aliphatic imine (C=N–C) groups is 1. The zero-order valence-corrected chi connectivity index (χ0v) is 26.9. The summed E-state index contributed by atoms with van der Waals surface area (Å²) in [6.07, 6.45) is 2.54. The second-order valence-electron chi connectivity index (χ2n) is 11.8. The highest BCUT2D eigenvalue weighted by Crippen LogP contribution is 2.36. The highest BCUT2D eigenvalue weighted by atomic mass is 35.5. The fraction of sp³-hybridized carbons (Fsp3) is 0.516. The lowest BCUT2D eigenvalue weighted by molar-refractivity contribution is -0.128. The van der Waals surface area contributed by atoms with E-state index in [9.17, 15) is 4.79 Å². The molecule has 2 aromatic carbocycles. The third kappa shape index (κ3) is 10.8. The molecule has 8 nitrogen and oxygen atoms in total. The highest BCUT2D eigenvalue weighted by molar-refractivity contribution is 6.47. The van der Waals surface area contributed by atoms with Crippen LogP contribution < -0.4 is 21.9 Å². The zero-order chi connectivity index (χ0) is 30.7. The molecule has 0 saturated heterocycles. The Morgan fingerprint density at radius 3 is 2.22 bits per heavy atom. The largest absolute Gasteiger partial charge is 0.408 e. The fourth-order valence-corrected chi connectivity index (χ4v) is 5.35. The number of hydrazone groups is 1. The van der Waals surface area contributed by atoms with Crippen LogP contribution >= 0.6 is 23.2 Å². The van der Waals surface area contributed by atoms with Gasteiger partial charge in [0.1, 0.15) is 17.3 Å². The summed E-state index contributed by atoms with van der Waals surface area (Å²) in [6.45, 7) is 15.8. The molecule has 0 aromatic heterocycles. The van der Waals surface area contributed by atoms with Crippen LogP contribution in [0.15, 0.2) is 52.6 Å². The van der Waals surface area contributed by atoms with Gasteiger partial charge in [0.15, 0.2) is 0 Å². The number of halogens is 2. The summed E-state index contributed by atoms with van der Waals surface area (Å²) in [5.41, 5.74) is 9.88. The molecule has 226 valence electrons. The Bertz CT molecular complexity index is 1180. The molecule has 1 heterocycles. The molecule has 1 aliphatic heterocycles. The van der Waals surface area contributed by atoms with Gasteiger partial charge < -0.3 is 21.3 Å². The van der Waals surface area contributed by atoms with Crippen molar-refractivity contribution in [1.82, 2.24) is 10.4 Å². The molecule has 10 heteroatoms. The van der Waals surface area contributed by atoms with Crippen LogP contribution in [-0.4, -0.2) is 41.0 Å². The predicted molar refractivity (Wildman–Crippen MR) is 172 cm³/mol. The first kappa shape index (κ1) is 34.4. The minimum atomic E-state index is -0.449. The zero-order valence-electron chi connectivity index (χ0n) is 25.4. The maximum Gasteiger partial charge on any atom is 0.273 e. The van der Waals surface area contributed by atoms with Crippen molar-refractivity contribution >= 4 is 40.7 Å². The molecule has 1 amide bonds. The molecule has 3 rings (SSSR count). The number of hydrogen-bond donors (Lipinski definition) is 3. The Morgan fingerprint density at radius 2 is 1.71 bits per heavy atom. The molecule has 2 aromatic rings. The van der Waals surface area contributed by atoms with Crippen molar-refractivity contribution in [2.24, 2.45) is 33.5 Å². The lowest BCUT2D eigenvalue weighted by Gasteiger charge is -2.43. The molecule has 1 aliphatic rings. The number of hydrogen-bond acceptors (Lipinski definition) is 6. The number of amides is 1. The van der Waals surface area contributed by atoms with E-state index in [4.69, 9.17) is 44.6 Å². The van der Waals surface area contributed by atoms with Gasteiger partial charge in [0.25, 0.3) is 5.91 Å². The van der Waals surface area contributed by atoms with E-state index in [1.54, 1.807) is 18.2 Å². The van der Waals surface area contributed by atoms with E-state index in [1.807, 2.05) is 29.2 Å².